The summed E-state index contributed by atoms with van der Waals surface area (Å²) in [5.41, 5.74) is -0.413. The van der Waals surface area contributed by atoms with Crippen LogP contribution in [0.5, 0.6) is 0 Å². The van der Waals surface area contributed by atoms with Gasteiger partial charge in [0.05, 0.1) is 5.56 Å². The summed E-state index contributed by atoms with van der Waals surface area (Å²) in [6, 6.07) is 4.39. The third-order valence-corrected chi connectivity index (χ3v) is 4.77. The molecule has 2 rings (SSSR count). The molecule has 1 aliphatic rings. The minimum Gasteiger partial charge on any atom is -0.385 e. The lowest BCUT2D eigenvalue weighted by Crippen LogP contribution is -2.36. The van der Waals surface area contributed by atoms with E-state index in [1.807, 2.05) is 0 Å². The van der Waals surface area contributed by atoms with E-state index in [9.17, 15) is 22.8 Å². The van der Waals surface area contributed by atoms with Gasteiger partial charge in [0.25, 0.3) is 0 Å². The van der Waals surface area contributed by atoms with Gasteiger partial charge in [-0.05, 0) is 56.4 Å². The standard InChI is InChI=1S/C19H25F3N2O3/c1-27-12-2-11-23-17(25)13-3-5-14(6-4-13)18(26)24-16-9-7-15(8-10-16)19(20,21)22/h7-10,13-14H,2-6,11-12H2,1H3,(H,23,25)(H,24,26). The molecular weight excluding hydrogens is 361 g/mol. The van der Waals surface area contributed by atoms with Gasteiger partial charge < -0.3 is 15.4 Å². The first kappa shape index (κ1) is 21.2. The number of alkyl halides is 3. The molecule has 1 saturated carbocycles. The fourth-order valence-electron chi connectivity index (χ4n) is 3.18. The van der Waals surface area contributed by atoms with E-state index < -0.39 is 11.7 Å². The van der Waals surface area contributed by atoms with Crippen LogP contribution in [-0.4, -0.2) is 32.1 Å². The normalized spacial score (nSPS) is 20.1. The summed E-state index contributed by atoms with van der Waals surface area (Å²) in [5, 5.41) is 5.54. The highest BCUT2D eigenvalue weighted by Crippen LogP contribution is 2.31. The maximum Gasteiger partial charge on any atom is 0.416 e. The number of nitrogens with one attached hydrogen (secondary N) is 2. The highest BCUT2D eigenvalue weighted by atomic mass is 19.4. The number of halogens is 3. The molecular formula is C19H25F3N2O3. The Balaban J connectivity index is 1.77. The Morgan fingerprint density at radius 2 is 1.59 bits per heavy atom. The van der Waals surface area contributed by atoms with Gasteiger partial charge in [0.2, 0.25) is 11.8 Å². The number of ether oxygens (including phenoxy) is 1. The van der Waals surface area contributed by atoms with Gasteiger partial charge in [-0.15, -0.1) is 0 Å². The summed E-state index contributed by atoms with van der Waals surface area (Å²) >= 11 is 0. The van der Waals surface area contributed by atoms with Crippen LogP contribution >= 0.6 is 0 Å². The number of hydrogen-bond donors (Lipinski definition) is 2. The van der Waals surface area contributed by atoms with Gasteiger partial charge in [-0.3, -0.25) is 9.59 Å². The number of hydrogen-bond acceptors (Lipinski definition) is 3. The molecule has 0 aliphatic heterocycles. The molecule has 2 N–H and O–H groups in total. The summed E-state index contributed by atoms with van der Waals surface area (Å²) in [5.74, 6) is -0.533. The van der Waals surface area contributed by atoms with Crippen molar-refractivity contribution in [2.45, 2.75) is 38.3 Å². The molecule has 0 unspecified atom stereocenters. The molecule has 150 valence electrons. The highest BCUT2D eigenvalue weighted by Gasteiger charge is 2.31. The molecule has 27 heavy (non-hydrogen) atoms. The van der Waals surface area contributed by atoms with E-state index in [0.717, 1.165) is 18.6 Å². The second-order valence-corrected chi connectivity index (χ2v) is 6.75. The molecule has 0 heterocycles. The van der Waals surface area contributed by atoms with Gasteiger partial charge in [0.15, 0.2) is 0 Å². The Morgan fingerprint density at radius 1 is 1.04 bits per heavy atom. The van der Waals surface area contributed by atoms with Crippen LogP contribution in [0.3, 0.4) is 0 Å². The molecule has 5 nitrogen and oxygen atoms in total. The summed E-state index contributed by atoms with van der Waals surface area (Å²) in [6.45, 7) is 1.16. The van der Waals surface area contributed by atoms with Crippen molar-refractivity contribution in [1.29, 1.82) is 0 Å². The van der Waals surface area contributed by atoms with Gasteiger partial charge in [-0.2, -0.15) is 13.2 Å². The Kier molecular flexibility index (Phi) is 7.65. The Labute approximate surface area is 156 Å². The van der Waals surface area contributed by atoms with Gasteiger partial charge in [0.1, 0.15) is 0 Å². The lowest BCUT2D eigenvalue weighted by Gasteiger charge is -2.27. The van der Waals surface area contributed by atoms with Crippen LogP contribution in [0, 0.1) is 11.8 Å². The summed E-state index contributed by atoms with van der Waals surface area (Å²) in [4.78, 5) is 24.4. The fourth-order valence-corrected chi connectivity index (χ4v) is 3.18. The molecule has 1 aliphatic carbocycles. The molecule has 1 aromatic rings. The second-order valence-electron chi connectivity index (χ2n) is 6.75. The van der Waals surface area contributed by atoms with Crippen LogP contribution in [0.4, 0.5) is 18.9 Å². The Hall–Kier alpha value is -2.09. The minimum absolute atomic E-state index is 0.00713. The van der Waals surface area contributed by atoms with Crippen molar-refractivity contribution in [1.82, 2.24) is 5.32 Å². The average molecular weight is 386 g/mol. The number of carbonyl (C=O) groups excluding carboxylic acids is 2. The molecule has 0 atom stereocenters. The van der Waals surface area contributed by atoms with E-state index in [1.165, 1.54) is 12.1 Å². The predicted octanol–water partition coefficient (Wildman–Crippen LogP) is 3.60. The van der Waals surface area contributed by atoms with Crippen LogP contribution in [0.25, 0.3) is 0 Å². The number of benzene rings is 1. The quantitative estimate of drug-likeness (QED) is 0.704. The van der Waals surface area contributed by atoms with Gasteiger partial charge in [0, 0.05) is 37.8 Å². The van der Waals surface area contributed by atoms with Crippen molar-refractivity contribution < 1.29 is 27.5 Å². The smallest absolute Gasteiger partial charge is 0.385 e. The zero-order chi connectivity index (χ0) is 19.9. The monoisotopic (exact) mass is 386 g/mol. The maximum atomic E-state index is 12.6. The number of carbonyl (C=O) groups is 2. The van der Waals surface area contributed by atoms with Crippen LogP contribution in [0.1, 0.15) is 37.7 Å². The van der Waals surface area contributed by atoms with E-state index in [4.69, 9.17) is 4.74 Å². The average Bonchev–Trinajstić information content (AvgIpc) is 2.65. The second kappa shape index (κ2) is 9.73. The SMILES string of the molecule is COCCCNC(=O)C1CCC(C(=O)Nc2ccc(C(F)(F)F)cc2)CC1. The lowest BCUT2D eigenvalue weighted by atomic mass is 9.81. The molecule has 0 radical (unpaired) electrons. The molecule has 0 spiro atoms. The first-order valence-corrected chi connectivity index (χ1v) is 9.06. The molecule has 1 fully saturated rings. The van der Waals surface area contributed by atoms with Crippen molar-refractivity contribution >= 4 is 17.5 Å². The van der Waals surface area contributed by atoms with Crippen molar-refractivity contribution in [3.63, 3.8) is 0 Å². The first-order chi connectivity index (χ1) is 12.8. The van der Waals surface area contributed by atoms with Crippen molar-refractivity contribution in [2.75, 3.05) is 25.6 Å². The summed E-state index contributed by atoms with van der Waals surface area (Å²) in [7, 11) is 1.61. The minimum atomic E-state index is -4.40. The molecule has 2 amide bonds. The molecule has 0 saturated heterocycles. The van der Waals surface area contributed by atoms with Gasteiger partial charge in [-0.25, -0.2) is 0 Å². The van der Waals surface area contributed by atoms with Crippen LogP contribution < -0.4 is 10.6 Å². The predicted molar refractivity (Wildman–Crippen MR) is 95.0 cm³/mol. The van der Waals surface area contributed by atoms with Crippen molar-refractivity contribution in [3.05, 3.63) is 29.8 Å². The topological polar surface area (TPSA) is 67.4 Å². The Bertz CT molecular complexity index is 624. The lowest BCUT2D eigenvalue weighted by molar-refractivity contribution is -0.137. The number of amides is 2. The van der Waals surface area contributed by atoms with E-state index >= 15 is 0 Å². The third kappa shape index (κ3) is 6.53. The number of rotatable bonds is 7. The molecule has 0 bridgehead atoms. The van der Waals surface area contributed by atoms with Crippen LogP contribution in [-0.2, 0) is 20.5 Å². The fraction of sp³-hybridized carbons (Fsp3) is 0.579. The van der Waals surface area contributed by atoms with E-state index in [-0.39, 0.29) is 23.7 Å². The van der Waals surface area contributed by atoms with E-state index in [2.05, 4.69) is 10.6 Å². The third-order valence-electron chi connectivity index (χ3n) is 4.77. The van der Waals surface area contributed by atoms with Crippen LogP contribution in [0.2, 0.25) is 0 Å². The zero-order valence-electron chi connectivity index (χ0n) is 15.3. The van der Waals surface area contributed by atoms with Crippen molar-refractivity contribution in [2.24, 2.45) is 11.8 Å². The van der Waals surface area contributed by atoms with Crippen LogP contribution in [0.15, 0.2) is 24.3 Å². The number of anilines is 1. The van der Waals surface area contributed by atoms with E-state index in [1.54, 1.807) is 7.11 Å². The maximum absolute atomic E-state index is 12.6. The number of methoxy groups -OCH3 is 1. The van der Waals surface area contributed by atoms with Gasteiger partial charge in [-0.1, -0.05) is 0 Å². The molecule has 0 aromatic heterocycles. The first-order valence-electron chi connectivity index (χ1n) is 9.06. The van der Waals surface area contributed by atoms with Gasteiger partial charge >= 0.3 is 6.18 Å². The highest BCUT2D eigenvalue weighted by molar-refractivity contribution is 5.92. The zero-order valence-corrected chi connectivity index (χ0v) is 15.3. The van der Waals surface area contributed by atoms with Crippen molar-refractivity contribution in [3.8, 4) is 0 Å². The summed E-state index contributed by atoms with van der Waals surface area (Å²) in [6.07, 6.45) is -1.22. The van der Waals surface area contributed by atoms with E-state index in [0.29, 0.717) is 44.5 Å². The largest absolute Gasteiger partial charge is 0.416 e. The molecule has 1 aromatic carbocycles. The summed E-state index contributed by atoms with van der Waals surface area (Å²) < 4.78 is 42.6. The molecule has 8 heteroatoms. The Morgan fingerprint density at radius 3 is 2.11 bits per heavy atom.